The zero-order valence-electron chi connectivity index (χ0n) is 11.3. The minimum absolute atomic E-state index is 0.0416. The molecule has 0 radical (unpaired) electrons. The topological polar surface area (TPSA) is 35.5 Å². The summed E-state index contributed by atoms with van der Waals surface area (Å²) in [7, 11) is 0. The van der Waals surface area contributed by atoms with Gasteiger partial charge < -0.3 is 9.47 Å². The molecule has 1 atom stereocenters. The summed E-state index contributed by atoms with van der Waals surface area (Å²) < 4.78 is 11.1. The molecule has 2 saturated carbocycles. The van der Waals surface area contributed by atoms with Gasteiger partial charge in [0.25, 0.3) is 0 Å². The van der Waals surface area contributed by atoms with Crippen LogP contribution in [0.4, 0.5) is 0 Å². The fourth-order valence-corrected chi connectivity index (χ4v) is 3.85. The van der Waals surface area contributed by atoms with Crippen LogP contribution in [0.3, 0.4) is 0 Å². The Morgan fingerprint density at radius 2 is 1.94 bits per heavy atom. The highest BCUT2D eigenvalue weighted by Gasteiger charge is 2.60. The van der Waals surface area contributed by atoms with Crippen LogP contribution < -0.4 is 0 Å². The molecule has 17 heavy (non-hydrogen) atoms. The van der Waals surface area contributed by atoms with Gasteiger partial charge in [-0.25, -0.2) is 4.79 Å². The van der Waals surface area contributed by atoms with Gasteiger partial charge in [0.2, 0.25) is 0 Å². The van der Waals surface area contributed by atoms with Crippen molar-refractivity contribution < 1.29 is 14.3 Å². The van der Waals surface area contributed by atoms with E-state index in [2.05, 4.69) is 0 Å². The molecule has 2 aliphatic carbocycles. The highest BCUT2D eigenvalue weighted by molar-refractivity contribution is 5.80. The number of hydrogen-bond donors (Lipinski definition) is 0. The lowest BCUT2D eigenvalue weighted by Crippen LogP contribution is -2.53. The maximum Gasteiger partial charge on any atom is 0.338 e. The average molecular weight is 240 g/mol. The van der Waals surface area contributed by atoms with Crippen LogP contribution in [0.5, 0.6) is 0 Å². The largest absolute Gasteiger partial charge is 0.464 e. The van der Waals surface area contributed by atoms with Crippen molar-refractivity contribution in [2.45, 2.75) is 58.5 Å². The van der Waals surface area contributed by atoms with Gasteiger partial charge in [0.15, 0.2) is 5.60 Å². The second kappa shape index (κ2) is 4.60. The maximum absolute atomic E-state index is 12.3. The molecule has 0 heterocycles. The fraction of sp³-hybridized carbons (Fsp3) is 0.929. The maximum atomic E-state index is 12.3. The minimum Gasteiger partial charge on any atom is -0.464 e. The number of carbonyl (C=O) groups is 1. The van der Waals surface area contributed by atoms with Gasteiger partial charge in [-0.3, -0.25) is 0 Å². The Morgan fingerprint density at radius 1 is 1.29 bits per heavy atom. The predicted octanol–water partition coefficient (Wildman–Crippen LogP) is 2.93. The Hall–Kier alpha value is -0.570. The van der Waals surface area contributed by atoms with Gasteiger partial charge in [0.1, 0.15) is 0 Å². The van der Waals surface area contributed by atoms with Crippen molar-refractivity contribution in [3.8, 4) is 0 Å². The lowest BCUT2D eigenvalue weighted by molar-refractivity contribution is -0.189. The molecule has 2 rings (SSSR count). The van der Waals surface area contributed by atoms with Gasteiger partial charge in [0.05, 0.1) is 6.61 Å². The van der Waals surface area contributed by atoms with Crippen LogP contribution in [0.1, 0.15) is 52.9 Å². The molecule has 0 spiro atoms. The molecular formula is C14H24O3. The monoisotopic (exact) mass is 240 g/mol. The SMILES string of the molecule is CCOC(=O)C(C)(OCC)C12CCC(CC1)C2. The smallest absolute Gasteiger partial charge is 0.338 e. The van der Waals surface area contributed by atoms with Crippen molar-refractivity contribution in [3.63, 3.8) is 0 Å². The van der Waals surface area contributed by atoms with E-state index in [1.165, 1.54) is 12.8 Å². The molecule has 0 amide bonds. The molecule has 0 aromatic rings. The van der Waals surface area contributed by atoms with E-state index in [4.69, 9.17) is 9.47 Å². The van der Waals surface area contributed by atoms with E-state index < -0.39 is 5.60 Å². The second-order valence-electron chi connectivity index (χ2n) is 5.61. The number of carbonyl (C=O) groups excluding carboxylic acids is 1. The van der Waals surface area contributed by atoms with E-state index >= 15 is 0 Å². The van der Waals surface area contributed by atoms with Gasteiger partial charge in [0, 0.05) is 12.0 Å². The van der Waals surface area contributed by atoms with Gasteiger partial charge in [-0.05, 0) is 58.8 Å². The van der Waals surface area contributed by atoms with Gasteiger partial charge in [-0.15, -0.1) is 0 Å². The van der Waals surface area contributed by atoms with E-state index in [9.17, 15) is 4.79 Å². The number of fused-ring (bicyclic) bond motifs is 2. The van der Waals surface area contributed by atoms with Crippen molar-refractivity contribution in [1.82, 2.24) is 0 Å². The molecule has 0 saturated heterocycles. The predicted molar refractivity (Wildman–Crippen MR) is 65.7 cm³/mol. The molecule has 3 heteroatoms. The van der Waals surface area contributed by atoms with Crippen molar-refractivity contribution in [2.75, 3.05) is 13.2 Å². The summed E-state index contributed by atoms with van der Waals surface area (Å²) in [4.78, 5) is 12.3. The molecule has 1 unspecified atom stereocenters. The first kappa shape index (κ1) is 12.9. The van der Waals surface area contributed by atoms with Crippen LogP contribution in [0.25, 0.3) is 0 Å². The summed E-state index contributed by atoms with van der Waals surface area (Å²) in [6, 6.07) is 0. The second-order valence-corrected chi connectivity index (χ2v) is 5.61. The summed E-state index contributed by atoms with van der Waals surface area (Å²) >= 11 is 0. The lowest BCUT2D eigenvalue weighted by atomic mass is 9.70. The van der Waals surface area contributed by atoms with Crippen LogP contribution in [-0.4, -0.2) is 24.8 Å². The molecule has 0 aromatic carbocycles. The van der Waals surface area contributed by atoms with Crippen LogP contribution >= 0.6 is 0 Å². The molecule has 3 nitrogen and oxygen atoms in total. The number of esters is 1. The first-order valence-electron chi connectivity index (χ1n) is 6.89. The Balaban J connectivity index is 2.24. The third kappa shape index (κ3) is 1.88. The molecule has 2 bridgehead atoms. The molecule has 2 aliphatic rings. The van der Waals surface area contributed by atoms with Crippen molar-refractivity contribution in [1.29, 1.82) is 0 Å². The third-order valence-electron chi connectivity index (χ3n) is 4.85. The molecule has 98 valence electrons. The summed E-state index contributed by atoms with van der Waals surface area (Å²) in [5, 5.41) is 0. The number of hydrogen-bond acceptors (Lipinski definition) is 3. The molecule has 2 fully saturated rings. The van der Waals surface area contributed by atoms with E-state index in [0.29, 0.717) is 13.2 Å². The first-order chi connectivity index (χ1) is 8.08. The van der Waals surface area contributed by atoms with Gasteiger partial charge in [-0.1, -0.05) is 0 Å². The zero-order chi connectivity index (χ0) is 12.5. The van der Waals surface area contributed by atoms with Crippen LogP contribution in [0.15, 0.2) is 0 Å². The van der Waals surface area contributed by atoms with E-state index in [-0.39, 0.29) is 11.4 Å². The fourth-order valence-electron chi connectivity index (χ4n) is 3.85. The van der Waals surface area contributed by atoms with E-state index in [0.717, 1.165) is 25.2 Å². The summed E-state index contributed by atoms with van der Waals surface area (Å²) in [5.41, 5.74) is -0.692. The third-order valence-corrected chi connectivity index (χ3v) is 4.85. The quantitative estimate of drug-likeness (QED) is 0.693. The standard InChI is InChI=1S/C14H24O3/c1-4-16-12(15)13(3,17-5-2)14-8-6-11(10-14)7-9-14/h11H,4-10H2,1-3H3. The molecular weight excluding hydrogens is 216 g/mol. The average Bonchev–Trinajstić information content (AvgIpc) is 2.91. The van der Waals surface area contributed by atoms with Crippen LogP contribution in [0.2, 0.25) is 0 Å². The zero-order valence-corrected chi connectivity index (χ0v) is 11.3. The highest BCUT2D eigenvalue weighted by atomic mass is 16.6. The Labute approximate surface area is 104 Å². The van der Waals surface area contributed by atoms with Crippen LogP contribution in [-0.2, 0) is 14.3 Å². The summed E-state index contributed by atoms with van der Waals surface area (Å²) in [6.45, 7) is 6.76. The van der Waals surface area contributed by atoms with Crippen LogP contribution in [0, 0.1) is 11.3 Å². The first-order valence-corrected chi connectivity index (χ1v) is 6.89. The van der Waals surface area contributed by atoms with Crippen molar-refractivity contribution in [3.05, 3.63) is 0 Å². The minimum atomic E-state index is -0.733. The van der Waals surface area contributed by atoms with Crippen molar-refractivity contribution in [2.24, 2.45) is 11.3 Å². The van der Waals surface area contributed by atoms with Crippen molar-refractivity contribution >= 4 is 5.97 Å². The van der Waals surface area contributed by atoms with Gasteiger partial charge >= 0.3 is 5.97 Å². The summed E-state index contributed by atoms with van der Waals surface area (Å²) in [5.74, 6) is 0.647. The molecule has 0 aromatic heterocycles. The Kier molecular flexibility index (Phi) is 3.48. The summed E-state index contributed by atoms with van der Waals surface area (Å²) in [6.07, 6.45) is 5.88. The van der Waals surface area contributed by atoms with E-state index in [1.807, 2.05) is 20.8 Å². The number of ether oxygens (including phenoxy) is 2. The Bertz CT molecular complexity index is 292. The molecule has 0 aliphatic heterocycles. The molecule has 0 N–H and O–H groups in total. The van der Waals surface area contributed by atoms with Gasteiger partial charge in [-0.2, -0.15) is 0 Å². The Morgan fingerprint density at radius 3 is 2.35 bits per heavy atom. The number of rotatable bonds is 5. The highest BCUT2D eigenvalue weighted by Crippen LogP contribution is 2.60. The van der Waals surface area contributed by atoms with E-state index in [1.54, 1.807) is 0 Å². The lowest BCUT2D eigenvalue weighted by Gasteiger charge is -2.42. The normalized spacial score (nSPS) is 34.6.